The van der Waals surface area contributed by atoms with Crippen LogP contribution < -0.4 is 10.6 Å². The topological polar surface area (TPSA) is 83.2 Å². The molecule has 3 N–H and O–H groups in total. The van der Waals surface area contributed by atoms with E-state index in [1.807, 2.05) is 61.7 Å². The van der Waals surface area contributed by atoms with Crippen LogP contribution in [-0.4, -0.2) is 36.6 Å². The maximum atomic E-state index is 12.5. The van der Waals surface area contributed by atoms with Crippen LogP contribution in [0.4, 0.5) is 0 Å². The van der Waals surface area contributed by atoms with Crippen LogP contribution in [-0.2, 0) is 20.7 Å². The second-order valence-corrected chi connectivity index (χ2v) is 7.24. The minimum Gasteiger partial charge on any atom is -0.467 e. The number of ether oxygens (including phenoxy) is 1. The van der Waals surface area contributed by atoms with Gasteiger partial charge in [0.05, 0.1) is 13.7 Å². The molecule has 29 heavy (non-hydrogen) atoms. The van der Waals surface area contributed by atoms with E-state index in [9.17, 15) is 9.59 Å². The molecule has 3 aromatic rings. The van der Waals surface area contributed by atoms with Gasteiger partial charge in [-0.25, -0.2) is 4.79 Å². The van der Waals surface area contributed by atoms with Gasteiger partial charge in [0.2, 0.25) is 5.91 Å². The Kier molecular flexibility index (Phi) is 6.90. The summed E-state index contributed by atoms with van der Waals surface area (Å²) < 4.78 is 4.88. The predicted molar refractivity (Wildman–Crippen MR) is 114 cm³/mol. The van der Waals surface area contributed by atoms with Gasteiger partial charge in [0, 0.05) is 34.6 Å². The van der Waals surface area contributed by atoms with Gasteiger partial charge in [-0.3, -0.25) is 4.79 Å². The summed E-state index contributed by atoms with van der Waals surface area (Å²) in [6.07, 6.45) is 2.19. The van der Waals surface area contributed by atoms with E-state index in [2.05, 4.69) is 15.6 Å². The molecule has 6 nitrogen and oxygen atoms in total. The summed E-state index contributed by atoms with van der Waals surface area (Å²) in [4.78, 5) is 27.9. The van der Waals surface area contributed by atoms with Gasteiger partial charge < -0.3 is 20.4 Å². The van der Waals surface area contributed by atoms with Crippen molar-refractivity contribution in [1.82, 2.24) is 15.6 Å². The van der Waals surface area contributed by atoms with Crippen LogP contribution in [0.25, 0.3) is 10.9 Å². The van der Waals surface area contributed by atoms with Crippen LogP contribution in [0.5, 0.6) is 0 Å². The van der Waals surface area contributed by atoms with Gasteiger partial charge >= 0.3 is 5.97 Å². The summed E-state index contributed by atoms with van der Waals surface area (Å²) in [7, 11) is 1.31. The zero-order valence-corrected chi connectivity index (χ0v) is 17.1. The molecule has 0 aliphatic carbocycles. The standard InChI is InChI=1S/C22H24ClN3O3/c1-14(16-7-3-5-9-18(16)23)24-13-21(27)26-20(22(28)29-2)11-15-12-25-19-10-6-4-8-17(15)19/h3-10,12,14,20,24-25H,11,13H2,1-2H3,(H,26,27)/t14-,20+/m1/s1. The van der Waals surface area contributed by atoms with E-state index < -0.39 is 12.0 Å². The van der Waals surface area contributed by atoms with Crippen LogP contribution in [0.15, 0.2) is 54.7 Å². The Hall–Kier alpha value is -2.83. The van der Waals surface area contributed by atoms with Gasteiger partial charge in [0.15, 0.2) is 0 Å². The number of carbonyl (C=O) groups is 2. The molecule has 0 saturated carbocycles. The minimum absolute atomic E-state index is 0.0494. The molecule has 1 aromatic heterocycles. The number of rotatable bonds is 8. The van der Waals surface area contributed by atoms with Crippen molar-refractivity contribution in [2.24, 2.45) is 0 Å². The van der Waals surface area contributed by atoms with Crippen LogP contribution in [0.2, 0.25) is 5.02 Å². The van der Waals surface area contributed by atoms with Crippen LogP contribution in [0, 0.1) is 0 Å². The number of carbonyl (C=O) groups excluding carboxylic acids is 2. The number of aromatic nitrogens is 1. The van der Waals surface area contributed by atoms with E-state index in [-0.39, 0.29) is 18.5 Å². The summed E-state index contributed by atoms with van der Waals surface area (Å²) in [5.74, 6) is -0.776. The number of aromatic amines is 1. The second kappa shape index (κ2) is 9.58. The zero-order chi connectivity index (χ0) is 20.8. The lowest BCUT2D eigenvalue weighted by molar-refractivity contribution is -0.144. The molecule has 0 spiro atoms. The van der Waals surface area contributed by atoms with E-state index >= 15 is 0 Å². The van der Waals surface area contributed by atoms with Crippen LogP contribution >= 0.6 is 11.6 Å². The minimum atomic E-state index is -0.774. The number of para-hydroxylation sites is 1. The average Bonchev–Trinajstić information content (AvgIpc) is 3.14. The molecule has 0 radical (unpaired) electrons. The molecule has 7 heteroatoms. The molecule has 0 saturated heterocycles. The quantitative estimate of drug-likeness (QED) is 0.494. The number of methoxy groups -OCH3 is 1. The lowest BCUT2D eigenvalue weighted by Crippen LogP contribution is -2.46. The van der Waals surface area contributed by atoms with Crippen LogP contribution in [0.3, 0.4) is 0 Å². The molecule has 3 rings (SSSR count). The number of benzene rings is 2. The van der Waals surface area contributed by atoms with Gasteiger partial charge in [-0.1, -0.05) is 48.0 Å². The number of fused-ring (bicyclic) bond motifs is 1. The first-order valence-electron chi connectivity index (χ1n) is 9.39. The number of nitrogens with one attached hydrogen (secondary N) is 3. The number of amides is 1. The van der Waals surface area contributed by atoms with Gasteiger partial charge in [0.1, 0.15) is 6.04 Å². The summed E-state index contributed by atoms with van der Waals surface area (Å²) in [5.41, 5.74) is 2.83. The van der Waals surface area contributed by atoms with E-state index in [4.69, 9.17) is 16.3 Å². The highest BCUT2D eigenvalue weighted by Crippen LogP contribution is 2.22. The van der Waals surface area contributed by atoms with E-state index in [0.29, 0.717) is 11.4 Å². The average molecular weight is 414 g/mol. The molecule has 2 atom stereocenters. The molecule has 1 amide bonds. The van der Waals surface area contributed by atoms with Crippen molar-refractivity contribution in [3.63, 3.8) is 0 Å². The molecule has 0 aliphatic heterocycles. The summed E-state index contributed by atoms with van der Waals surface area (Å²) in [6.45, 7) is 1.98. The molecule has 2 aromatic carbocycles. The Morgan fingerprint density at radius 3 is 2.62 bits per heavy atom. The highest BCUT2D eigenvalue weighted by atomic mass is 35.5. The third kappa shape index (κ3) is 5.16. The van der Waals surface area contributed by atoms with E-state index in [0.717, 1.165) is 22.0 Å². The lowest BCUT2D eigenvalue weighted by Gasteiger charge is -2.19. The van der Waals surface area contributed by atoms with Crippen molar-refractivity contribution < 1.29 is 14.3 Å². The van der Waals surface area contributed by atoms with Gasteiger partial charge in [-0.15, -0.1) is 0 Å². The molecular formula is C22H24ClN3O3. The number of halogens is 1. The summed E-state index contributed by atoms with van der Waals surface area (Å²) >= 11 is 6.20. The fourth-order valence-corrected chi connectivity index (χ4v) is 3.58. The molecule has 0 aliphatic rings. The third-order valence-corrected chi connectivity index (χ3v) is 5.20. The van der Waals surface area contributed by atoms with Gasteiger partial charge in [-0.2, -0.15) is 0 Å². The first-order valence-corrected chi connectivity index (χ1v) is 9.77. The highest BCUT2D eigenvalue weighted by Gasteiger charge is 2.23. The zero-order valence-electron chi connectivity index (χ0n) is 16.4. The monoisotopic (exact) mass is 413 g/mol. The van der Waals surface area contributed by atoms with Gasteiger partial charge in [-0.05, 0) is 30.2 Å². The molecule has 152 valence electrons. The number of hydrogen-bond donors (Lipinski definition) is 3. The van der Waals surface area contributed by atoms with E-state index in [1.165, 1.54) is 7.11 Å². The second-order valence-electron chi connectivity index (χ2n) is 6.83. The maximum absolute atomic E-state index is 12.5. The normalized spacial score (nSPS) is 13.1. The maximum Gasteiger partial charge on any atom is 0.328 e. The van der Waals surface area contributed by atoms with Gasteiger partial charge in [0.25, 0.3) is 0 Å². The summed E-state index contributed by atoms with van der Waals surface area (Å²) in [6, 6.07) is 14.4. The smallest absolute Gasteiger partial charge is 0.328 e. The lowest BCUT2D eigenvalue weighted by atomic mass is 10.0. The molecular weight excluding hydrogens is 390 g/mol. The Labute approximate surface area is 174 Å². The van der Waals surface area contributed by atoms with Crippen molar-refractivity contribution in [3.05, 3.63) is 70.9 Å². The van der Waals surface area contributed by atoms with Crippen molar-refractivity contribution >= 4 is 34.4 Å². The molecule has 1 heterocycles. The number of H-pyrrole nitrogens is 1. The Morgan fingerprint density at radius 1 is 1.14 bits per heavy atom. The number of hydrogen-bond acceptors (Lipinski definition) is 4. The predicted octanol–water partition coefficient (Wildman–Crippen LogP) is 3.37. The van der Waals surface area contributed by atoms with Crippen molar-refractivity contribution in [2.45, 2.75) is 25.4 Å². The van der Waals surface area contributed by atoms with E-state index in [1.54, 1.807) is 0 Å². The fourth-order valence-electron chi connectivity index (χ4n) is 3.28. The largest absolute Gasteiger partial charge is 0.467 e. The first-order chi connectivity index (χ1) is 14.0. The highest BCUT2D eigenvalue weighted by molar-refractivity contribution is 6.31. The SMILES string of the molecule is COC(=O)[C@H](Cc1c[nH]c2ccccc12)NC(=O)CN[C@H](C)c1ccccc1Cl. The Bertz CT molecular complexity index is 1000. The molecule has 0 unspecified atom stereocenters. The fraction of sp³-hybridized carbons (Fsp3) is 0.273. The Morgan fingerprint density at radius 2 is 1.86 bits per heavy atom. The third-order valence-electron chi connectivity index (χ3n) is 4.86. The molecule has 0 fully saturated rings. The first kappa shape index (κ1) is 20.9. The summed E-state index contributed by atoms with van der Waals surface area (Å²) in [5, 5.41) is 7.56. The number of esters is 1. The van der Waals surface area contributed by atoms with Crippen molar-refractivity contribution in [2.75, 3.05) is 13.7 Å². The van der Waals surface area contributed by atoms with Crippen molar-refractivity contribution in [3.8, 4) is 0 Å². The van der Waals surface area contributed by atoms with Crippen LogP contribution in [0.1, 0.15) is 24.1 Å². The Balaban J connectivity index is 1.63. The molecule has 0 bridgehead atoms. The van der Waals surface area contributed by atoms with Crippen molar-refractivity contribution in [1.29, 1.82) is 0 Å².